The normalized spacial score (nSPS) is 52.8. The summed E-state index contributed by atoms with van der Waals surface area (Å²) in [5.74, 6) is -0.464. The Morgan fingerprint density at radius 1 is 0.939 bits per heavy atom. The smallest absolute Gasteiger partial charge is 0.331 e. The Labute approximate surface area is 287 Å². The van der Waals surface area contributed by atoms with Gasteiger partial charge in [0.1, 0.15) is 37.1 Å². The van der Waals surface area contributed by atoms with Crippen LogP contribution < -0.4 is 0 Å². The molecule has 0 bridgehead atoms. The van der Waals surface area contributed by atoms with Crippen LogP contribution in [-0.2, 0) is 38.0 Å². The maximum atomic E-state index is 12.8. The molecule has 0 aromatic carbocycles. The van der Waals surface area contributed by atoms with Gasteiger partial charge in [0.05, 0.1) is 30.5 Å². The van der Waals surface area contributed by atoms with Crippen molar-refractivity contribution in [2.24, 2.45) is 34.5 Å². The molecule has 276 valence electrons. The molecule has 7 aliphatic rings. The molecule has 0 spiro atoms. The van der Waals surface area contributed by atoms with Crippen LogP contribution in [-0.4, -0.2) is 118 Å². The van der Waals surface area contributed by atoms with Gasteiger partial charge in [-0.2, -0.15) is 0 Å². The molecular weight excluding hydrogens is 640 g/mol. The van der Waals surface area contributed by atoms with Crippen LogP contribution in [0.2, 0.25) is 0 Å². The van der Waals surface area contributed by atoms with E-state index in [0.717, 1.165) is 50.5 Å². The van der Waals surface area contributed by atoms with Crippen LogP contribution in [0.25, 0.3) is 0 Å². The summed E-state index contributed by atoms with van der Waals surface area (Å²) < 4.78 is 34.8. The van der Waals surface area contributed by atoms with Crippen LogP contribution in [0.3, 0.4) is 0 Å². The fourth-order valence-electron chi connectivity index (χ4n) is 11.4. The van der Waals surface area contributed by atoms with Gasteiger partial charge in [-0.15, -0.1) is 0 Å². The van der Waals surface area contributed by atoms with E-state index in [1.165, 1.54) is 13.0 Å². The quantitative estimate of drug-likeness (QED) is 0.199. The van der Waals surface area contributed by atoms with E-state index in [2.05, 4.69) is 13.8 Å². The maximum absolute atomic E-state index is 12.8. The first-order valence-corrected chi connectivity index (χ1v) is 18.2. The van der Waals surface area contributed by atoms with Gasteiger partial charge < -0.3 is 54.0 Å². The van der Waals surface area contributed by atoms with E-state index in [0.29, 0.717) is 12.3 Å². The average molecular weight is 695 g/mol. The van der Waals surface area contributed by atoms with E-state index in [-0.39, 0.29) is 48.9 Å². The van der Waals surface area contributed by atoms with Crippen LogP contribution in [0.15, 0.2) is 11.6 Å². The third-order valence-electron chi connectivity index (χ3n) is 14.0. The summed E-state index contributed by atoms with van der Waals surface area (Å²) >= 11 is 0. The highest BCUT2D eigenvalue weighted by Gasteiger charge is 2.71. The highest BCUT2D eigenvalue weighted by Crippen LogP contribution is 2.70. The molecule has 5 N–H and O–H groups in total. The number of esters is 2. The average Bonchev–Trinajstić information content (AvgIpc) is 3.55. The van der Waals surface area contributed by atoms with Crippen molar-refractivity contribution < 1.29 is 63.5 Å². The molecule has 2 saturated heterocycles. The summed E-state index contributed by atoms with van der Waals surface area (Å²) in [5, 5.41) is 54.7. The lowest BCUT2D eigenvalue weighted by molar-refractivity contribution is -0.326. The van der Waals surface area contributed by atoms with E-state index in [1.807, 2.05) is 0 Å². The summed E-state index contributed by atoms with van der Waals surface area (Å²) in [7, 11) is 0. The Morgan fingerprint density at radius 3 is 2.41 bits per heavy atom. The van der Waals surface area contributed by atoms with Crippen molar-refractivity contribution in [2.75, 3.05) is 13.2 Å². The Bertz CT molecular complexity index is 1300. The van der Waals surface area contributed by atoms with Gasteiger partial charge in [0.25, 0.3) is 0 Å². The predicted molar refractivity (Wildman–Crippen MR) is 169 cm³/mol. The van der Waals surface area contributed by atoms with Gasteiger partial charge in [0.2, 0.25) is 0 Å². The second kappa shape index (κ2) is 13.1. The molecule has 0 aromatic heterocycles. The van der Waals surface area contributed by atoms with Crippen molar-refractivity contribution in [1.29, 1.82) is 0 Å². The summed E-state index contributed by atoms with van der Waals surface area (Å²) in [4.78, 5) is 24.3. The van der Waals surface area contributed by atoms with E-state index in [1.54, 1.807) is 6.92 Å². The third kappa shape index (κ3) is 5.98. The lowest BCUT2D eigenvalue weighted by Gasteiger charge is -2.63. The Kier molecular flexibility index (Phi) is 9.52. The minimum Gasteiger partial charge on any atom is -0.462 e. The lowest BCUT2D eigenvalue weighted by atomic mass is 9.43. The van der Waals surface area contributed by atoms with Crippen molar-refractivity contribution in [3.63, 3.8) is 0 Å². The van der Waals surface area contributed by atoms with Crippen molar-refractivity contribution in [3.05, 3.63) is 11.6 Å². The van der Waals surface area contributed by atoms with E-state index in [4.69, 9.17) is 28.4 Å². The third-order valence-corrected chi connectivity index (χ3v) is 14.0. The van der Waals surface area contributed by atoms with Crippen LogP contribution in [0.5, 0.6) is 0 Å². The molecule has 49 heavy (non-hydrogen) atoms. The molecule has 0 amide bonds. The molecule has 4 aliphatic carbocycles. The Morgan fingerprint density at radius 2 is 1.71 bits per heavy atom. The fraction of sp³-hybridized carbons (Fsp3) is 0.889. The second-order valence-electron chi connectivity index (χ2n) is 16.5. The standard InChI is InChI=1S/C36H54O13/c1-17-30(40)24(38)13-28(46-17)49-26-16-45-33(32(42)31(26)41)48-21-7-9-34(3)20(12-21)5-6-23-22(34)8-10-35(4)29(19-11-27(39)44-15-19)25(47-18(2)37)14-36(23,35)43/h11,17,20-26,28-33,38,40-43H,5-10,12-16H2,1-4H3. The zero-order valence-corrected chi connectivity index (χ0v) is 28.9. The molecule has 4 saturated carbocycles. The summed E-state index contributed by atoms with van der Waals surface area (Å²) in [6.07, 6.45) is -1.12. The molecule has 17 unspecified atom stereocenters. The summed E-state index contributed by atoms with van der Waals surface area (Å²) in [6.45, 7) is 7.61. The Hall–Kier alpha value is -1.68. The van der Waals surface area contributed by atoms with Crippen molar-refractivity contribution in [1.82, 2.24) is 0 Å². The van der Waals surface area contributed by atoms with E-state index in [9.17, 15) is 35.1 Å². The number of hydrogen-bond acceptors (Lipinski definition) is 13. The van der Waals surface area contributed by atoms with Crippen molar-refractivity contribution >= 4 is 11.9 Å². The molecule has 7 rings (SSSR count). The molecule has 0 aromatic rings. The SMILES string of the molecule is CC(=O)OC1CC2(O)C3CCC4CC(OC5OCC(OC6CC(O)C(O)C(C)O6)C(O)C5O)CCC4(C)C3CCC2(C)C1C1=CC(=O)OC1. The van der Waals surface area contributed by atoms with Crippen molar-refractivity contribution in [3.8, 4) is 0 Å². The molecular formula is C36H54O13. The minimum absolute atomic E-state index is 0.0164. The summed E-state index contributed by atoms with van der Waals surface area (Å²) in [6, 6.07) is 0. The molecule has 13 heteroatoms. The lowest BCUT2D eigenvalue weighted by Crippen LogP contribution is -2.62. The molecule has 13 nitrogen and oxygen atoms in total. The van der Waals surface area contributed by atoms with Gasteiger partial charge in [0.15, 0.2) is 12.6 Å². The number of fused-ring (bicyclic) bond motifs is 5. The first kappa shape index (κ1) is 35.7. The van der Waals surface area contributed by atoms with E-state index >= 15 is 0 Å². The maximum Gasteiger partial charge on any atom is 0.331 e. The van der Waals surface area contributed by atoms with Gasteiger partial charge in [-0.1, -0.05) is 13.8 Å². The van der Waals surface area contributed by atoms with Crippen LogP contribution >= 0.6 is 0 Å². The highest BCUT2D eigenvalue weighted by atomic mass is 16.7. The van der Waals surface area contributed by atoms with Gasteiger partial charge in [0, 0.05) is 37.2 Å². The minimum atomic E-state index is -1.35. The van der Waals surface area contributed by atoms with E-state index < -0.39 is 78.3 Å². The zero-order valence-electron chi connectivity index (χ0n) is 28.9. The number of rotatable bonds is 6. The van der Waals surface area contributed by atoms with Gasteiger partial charge in [-0.3, -0.25) is 4.79 Å². The number of ether oxygens (including phenoxy) is 6. The number of aliphatic hydroxyl groups excluding tert-OH is 4. The molecule has 17 atom stereocenters. The van der Waals surface area contributed by atoms with Crippen LogP contribution in [0.4, 0.5) is 0 Å². The monoisotopic (exact) mass is 694 g/mol. The summed E-state index contributed by atoms with van der Waals surface area (Å²) in [5.41, 5.74) is -0.879. The first-order valence-electron chi connectivity index (χ1n) is 18.2. The first-order chi connectivity index (χ1) is 23.1. The largest absolute Gasteiger partial charge is 0.462 e. The zero-order chi connectivity index (χ0) is 35.0. The number of cyclic esters (lactones) is 1. The molecule has 3 aliphatic heterocycles. The number of aliphatic hydroxyl groups is 5. The number of carbonyl (C=O) groups is 2. The highest BCUT2D eigenvalue weighted by molar-refractivity contribution is 5.85. The van der Waals surface area contributed by atoms with Gasteiger partial charge in [-0.05, 0) is 80.6 Å². The predicted octanol–water partition coefficient (Wildman–Crippen LogP) is 1.49. The molecule has 3 heterocycles. The Balaban J connectivity index is 0.994. The second-order valence-corrected chi connectivity index (χ2v) is 16.5. The number of hydrogen-bond donors (Lipinski definition) is 5. The molecule has 6 fully saturated rings. The fourth-order valence-corrected chi connectivity index (χ4v) is 11.4. The van der Waals surface area contributed by atoms with Gasteiger partial charge >= 0.3 is 11.9 Å². The number of carbonyl (C=O) groups excluding carboxylic acids is 2. The topological polar surface area (TPSA) is 191 Å². The van der Waals surface area contributed by atoms with Crippen molar-refractivity contribution in [2.45, 2.75) is 152 Å². The van der Waals surface area contributed by atoms with Crippen LogP contribution in [0, 0.1) is 34.5 Å². The van der Waals surface area contributed by atoms with Crippen LogP contribution in [0.1, 0.15) is 85.5 Å². The van der Waals surface area contributed by atoms with Gasteiger partial charge in [-0.25, -0.2) is 4.79 Å². The molecule has 0 radical (unpaired) electrons.